The molecule has 0 bridgehead atoms. The van der Waals surface area contributed by atoms with E-state index in [1.54, 1.807) is 0 Å². The van der Waals surface area contributed by atoms with E-state index in [2.05, 4.69) is 16.4 Å². The zero-order chi connectivity index (χ0) is 16.2. The van der Waals surface area contributed by atoms with Crippen LogP contribution in [0.5, 0.6) is 0 Å². The van der Waals surface area contributed by atoms with Gasteiger partial charge in [0.25, 0.3) is 5.91 Å². The standard InChI is InChI=1S/C20H20N2O/c1-3-13-21-20(23)18-8-5-4-7-16(18)15-9-6-10-19-17(15)12-11-14(2)22-19/h4-12H,3,13H2,1-2H3,(H,21,23). The van der Waals surface area contributed by atoms with Crippen LogP contribution in [0.2, 0.25) is 0 Å². The number of nitrogens with zero attached hydrogens (tertiary/aromatic N) is 1. The van der Waals surface area contributed by atoms with Crippen molar-refractivity contribution in [1.29, 1.82) is 0 Å². The second kappa shape index (κ2) is 6.61. The van der Waals surface area contributed by atoms with Gasteiger partial charge >= 0.3 is 0 Å². The third kappa shape index (κ3) is 3.09. The van der Waals surface area contributed by atoms with Crippen LogP contribution in [0.1, 0.15) is 29.4 Å². The van der Waals surface area contributed by atoms with Crippen LogP contribution in [-0.4, -0.2) is 17.4 Å². The minimum Gasteiger partial charge on any atom is -0.352 e. The van der Waals surface area contributed by atoms with Gasteiger partial charge in [-0.05, 0) is 42.7 Å². The first-order valence-electron chi connectivity index (χ1n) is 7.94. The van der Waals surface area contributed by atoms with Gasteiger partial charge in [-0.2, -0.15) is 0 Å². The number of benzene rings is 2. The molecule has 0 radical (unpaired) electrons. The number of carbonyl (C=O) groups is 1. The summed E-state index contributed by atoms with van der Waals surface area (Å²) in [6.45, 7) is 4.71. The van der Waals surface area contributed by atoms with Crippen molar-refractivity contribution in [3.63, 3.8) is 0 Å². The Balaban J connectivity index is 2.14. The molecule has 23 heavy (non-hydrogen) atoms. The number of amides is 1. The van der Waals surface area contributed by atoms with Gasteiger partial charge in [0.1, 0.15) is 0 Å². The average Bonchev–Trinajstić information content (AvgIpc) is 2.59. The molecule has 1 N–H and O–H groups in total. The first-order valence-corrected chi connectivity index (χ1v) is 7.94. The Labute approximate surface area is 136 Å². The molecule has 2 aromatic carbocycles. The van der Waals surface area contributed by atoms with E-state index < -0.39 is 0 Å². The van der Waals surface area contributed by atoms with Crippen LogP contribution in [0, 0.1) is 6.92 Å². The van der Waals surface area contributed by atoms with Crippen molar-refractivity contribution in [2.45, 2.75) is 20.3 Å². The molecule has 0 unspecified atom stereocenters. The summed E-state index contributed by atoms with van der Waals surface area (Å²) in [5.41, 5.74) is 4.62. The summed E-state index contributed by atoms with van der Waals surface area (Å²) in [7, 11) is 0. The summed E-state index contributed by atoms with van der Waals surface area (Å²) in [6, 6.07) is 17.9. The summed E-state index contributed by atoms with van der Waals surface area (Å²) >= 11 is 0. The number of hydrogen-bond acceptors (Lipinski definition) is 2. The second-order valence-electron chi connectivity index (χ2n) is 5.63. The maximum Gasteiger partial charge on any atom is 0.251 e. The monoisotopic (exact) mass is 304 g/mol. The maximum atomic E-state index is 12.5. The quantitative estimate of drug-likeness (QED) is 0.778. The number of fused-ring (bicyclic) bond motifs is 1. The Morgan fingerprint density at radius 1 is 1.00 bits per heavy atom. The summed E-state index contributed by atoms with van der Waals surface area (Å²) < 4.78 is 0. The molecule has 116 valence electrons. The molecule has 1 amide bonds. The normalized spacial score (nSPS) is 10.7. The highest BCUT2D eigenvalue weighted by Gasteiger charge is 2.14. The number of nitrogens with one attached hydrogen (secondary N) is 1. The topological polar surface area (TPSA) is 42.0 Å². The van der Waals surface area contributed by atoms with E-state index in [0.717, 1.165) is 34.1 Å². The molecule has 0 saturated heterocycles. The first kappa shape index (κ1) is 15.2. The van der Waals surface area contributed by atoms with Crippen molar-refractivity contribution in [2.24, 2.45) is 0 Å². The van der Waals surface area contributed by atoms with Crippen LogP contribution >= 0.6 is 0 Å². The lowest BCUT2D eigenvalue weighted by Gasteiger charge is -2.12. The van der Waals surface area contributed by atoms with E-state index >= 15 is 0 Å². The molecule has 0 aliphatic rings. The van der Waals surface area contributed by atoms with Crippen molar-refractivity contribution in [1.82, 2.24) is 10.3 Å². The van der Waals surface area contributed by atoms with E-state index in [1.807, 2.05) is 62.4 Å². The molecule has 0 aliphatic heterocycles. The van der Waals surface area contributed by atoms with Gasteiger partial charge in [-0.3, -0.25) is 9.78 Å². The van der Waals surface area contributed by atoms with Crippen LogP contribution in [0.15, 0.2) is 54.6 Å². The lowest BCUT2D eigenvalue weighted by atomic mass is 9.95. The third-order valence-electron chi connectivity index (χ3n) is 3.87. The lowest BCUT2D eigenvalue weighted by Crippen LogP contribution is -2.24. The molecule has 1 heterocycles. The largest absolute Gasteiger partial charge is 0.352 e. The summed E-state index contributed by atoms with van der Waals surface area (Å²) in [6.07, 6.45) is 0.922. The summed E-state index contributed by atoms with van der Waals surface area (Å²) in [4.78, 5) is 17.0. The van der Waals surface area contributed by atoms with Gasteiger partial charge in [0.2, 0.25) is 0 Å². The van der Waals surface area contributed by atoms with Crippen molar-refractivity contribution in [3.8, 4) is 11.1 Å². The number of aromatic nitrogens is 1. The zero-order valence-corrected chi connectivity index (χ0v) is 13.5. The minimum absolute atomic E-state index is 0.0282. The molecule has 3 rings (SSSR count). The zero-order valence-electron chi connectivity index (χ0n) is 13.5. The Hall–Kier alpha value is -2.68. The smallest absolute Gasteiger partial charge is 0.251 e. The minimum atomic E-state index is -0.0282. The molecular weight excluding hydrogens is 284 g/mol. The van der Waals surface area contributed by atoms with Crippen LogP contribution in [-0.2, 0) is 0 Å². The van der Waals surface area contributed by atoms with E-state index in [4.69, 9.17) is 0 Å². The molecule has 3 heteroatoms. The third-order valence-corrected chi connectivity index (χ3v) is 3.87. The van der Waals surface area contributed by atoms with E-state index in [-0.39, 0.29) is 5.91 Å². The van der Waals surface area contributed by atoms with E-state index in [0.29, 0.717) is 12.1 Å². The van der Waals surface area contributed by atoms with Gasteiger partial charge in [-0.1, -0.05) is 43.3 Å². The Morgan fingerprint density at radius 3 is 2.61 bits per heavy atom. The number of carbonyl (C=O) groups excluding carboxylic acids is 1. The van der Waals surface area contributed by atoms with Crippen molar-refractivity contribution in [2.75, 3.05) is 6.54 Å². The molecule has 0 aliphatic carbocycles. The van der Waals surface area contributed by atoms with E-state index in [1.165, 1.54) is 0 Å². The second-order valence-corrected chi connectivity index (χ2v) is 5.63. The predicted octanol–water partition coefficient (Wildman–Crippen LogP) is 4.35. The fraction of sp³-hybridized carbons (Fsp3) is 0.200. The van der Waals surface area contributed by atoms with Gasteiger partial charge in [0.15, 0.2) is 0 Å². The fourth-order valence-electron chi connectivity index (χ4n) is 2.74. The highest BCUT2D eigenvalue weighted by Crippen LogP contribution is 2.30. The van der Waals surface area contributed by atoms with Crippen LogP contribution in [0.4, 0.5) is 0 Å². The highest BCUT2D eigenvalue weighted by molar-refractivity contribution is 6.05. The van der Waals surface area contributed by atoms with Gasteiger partial charge in [-0.25, -0.2) is 0 Å². The van der Waals surface area contributed by atoms with Gasteiger partial charge in [0.05, 0.1) is 5.52 Å². The molecule has 1 aromatic heterocycles. The van der Waals surface area contributed by atoms with Crippen molar-refractivity contribution < 1.29 is 4.79 Å². The predicted molar refractivity (Wildman–Crippen MR) is 94.5 cm³/mol. The lowest BCUT2D eigenvalue weighted by molar-refractivity contribution is 0.0954. The van der Waals surface area contributed by atoms with Gasteiger partial charge < -0.3 is 5.32 Å². The Bertz CT molecular complexity index is 855. The molecule has 0 saturated carbocycles. The molecule has 0 atom stereocenters. The molecule has 3 nitrogen and oxygen atoms in total. The van der Waals surface area contributed by atoms with E-state index in [9.17, 15) is 4.79 Å². The average molecular weight is 304 g/mol. The Morgan fingerprint density at radius 2 is 1.78 bits per heavy atom. The molecular formula is C20H20N2O. The SMILES string of the molecule is CCCNC(=O)c1ccccc1-c1cccc2nc(C)ccc12. The van der Waals surface area contributed by atoms with Gasteiger partial charge in [0, 0.05) is 23.2 Å². The molecule has 3 aromatic rings. The highest BCUT2D eigenvalue weighted by atomic mass is 16.1. The van der Waals surface area contributed by atoms with Crippen LogP contribution in [0.3, 0.4) is 0 Å². The maximum absolute atomic E-state index is 12.5. The first-order chi connectivity index (χ1) is 11.2. The van der Waals surface area contributed by atoms with Crippen LogP contribution in [0.25, 0.3) is 22.0 Å². The number of aryl methyl sites for hydroxylation is 1. The molecule has 0 spiro atoms. The number of hydrogen-bond donors (Lipinski definition) is 1. The van der Waals surface area contributed by atoms with Crippen molar-refractivity contribution in [3.05, 3.63) is 65.9 Å². The Kier molecular flexibility index (Phi) is 4.38. The molecule has 0 fully saturated rings. The van der Waals surface area contributed by atoms with Crippen LogP contribution < -0.4 is 5.32 Å². The summed E-state index contributed by atoms with van der Waals surface area (Å²) in [5, 5.41) is 4.03. The van der Waals surface area contributed by atoms with Gasteiger partial charge in [-0.15, -0.1) is 0 Å². The summed E-state index contributed by atoms with van der Waals surface area (Å²) in [5.74, 6) is -0.0282. The fourth-order valence-corrected chi connectivity index (χ4v) is 2.74. The number of pyridine rings is 1. The van der Waals surface area contributed by atoms with Crippen molar-refractivity contribution >= 4 is 16.8 Å². The number of rotatable bonds is 4.